The molecule has 0 atom stereocenters. The summed E-state index contributed by atoms with van der Waals surface area (Å²) in [6.07, 6.45) is 3.79. The van der Waals surface area contributed by atoms with Gasteiger partial charge in [-0.05, 0) is 32.2 Å². The number of nitrogens with one attached hydrogen (secondary N) is 1. The molecule has 0 saturated heterocycles. The lowest BCUT2D eigenvalue weighted by Crippen LogP contribution is -2.14. The van der Waals surface area contributed by atoms with E-state index in [4.69, 9.17) is 18.0 Å². The zero-order chi connectivity index (χ0) is 14.7. The van der Waals surface area contributed by atoms with Gasteiger partial charge in [-0.1, -0.05) is 18.3 Å². The monoisotopic (exact) mass is 306 g/mol. The first-order chi connectivity index (χ1) is 9.54. The van der Waals surface area contributed by atoms with Crippen molar-refractivity contribution < 1.29 is 0 Å². The van der Waals surface area contributed by atoms with E-state index in [0.717, 1.165) is 22.0 Å². The lowest BCUT2D eigenvalue weighted by atomic mass is 10.1. The Morgan fingerprint density at radius 3 is 2.75 bits per heavy atom. The van der Waals surface area contributed by atoms with Crippen LogP contribution >= 0.6 is 24.0 Å². The van der Waals surface area contributed by atoms with Crippen LogP contribution in [0.1, 0.15) is 25.5 Å². The minimum Gasteiger partial charge on any atom is -0.389 e. The normalized spacial score (nSPS) is 10.8. The Morgan fingerprint density at radius 2 is 2.15 bits per heavy atom. The van der Waals surface area contributed by atoms with Crippen molar-refractivity contribution in [1.29, 1.82) is 0 Å². The Bertz CT molecular complexity index is 619. The van der Waals surface area contributed by atoms with Crippen LogP contribution in [-0.4, -0.2) is 21.0 Å². The fraction of sp³-hybridized carbons (Fsp3) is 0.286. The summed E-state index contributed by atoms with van der Waals surface area (Å²) in [5.41, 5.74) is 7.66. The number of thioether (sulfide) groups is 1. The molecule has 3 N–H and O–H groups in total. The molecule has 20 heavy (non-hydrogen) atoms. The van der Waals surface area contributed by atoms with E-state index in [9.17, 15) is 0 Å². The third kappa shape index (κ3) is 2.96. The van der Waals surface area contributed by atoms with Gasteiger partial charge in [0, 0.05) is 22.6 Å². The van der Waals surface area contributed by atoms with E-state index in [1.165, 1.54) is 0 Å². The number of nitrogens with zero attached hydrogens (tertiary/aromatic N) is 2. The van der Waals surface area contributed by atoms with Gasteiger partial charge in [0.1, 0.15) is 10.8 Å². The maximum atomic E-state index is 5.87. The molecule has 1 aromatic carbocycles. The lowest BCUT2D eigenvalue weighted by molar-refractivity contribution is 0.540. The first kappa shape index (κ1) is 14.9. The van der Waals surface area contributed by atoms with Gasteiger partial charge in [-0.25, -0.2) is 4.68 Å². The van der Waals surface area contributed by atoms with Crippen LogP contribution in [0.4, 0.5) is 11.5 Å². The molecule has 6 heteroatoms. The van der Waals surface area contributed by atoms with Crippen molar-refractivity contribution >= 4 is 40.5 Å². The number of rotatable bonds is 5. The van der Waals surface area contributed by atoms with Crippen LogP contribution in [0.2, 0.25) is 0 Å². The third-order valence-electron chi connectivity index (χ3n) is 2.91. The number of nitrogens with two attached hydrogens (primary N) is 1. The summed E-state index contributed by atoms with van der Waals surface area (Å²) in [6.45, 7) is 4.18. The van der Waals surface area contributed by atoms with E-state index < -0.39 is 0 Å². The van der Waals surface area contributed by atoms with E-state index in [1.54, 1.807) is 18.0 Å². The zero-order valence-electron chi connectivity index (χ0n) is 11.8. The van der Waals surface area contributed by atoms with Gasteiger partial charge in [0.05, 0.1) is 11.9 Å². The van der Waals surface area contributed by atoms with Gasteiger partial charge in [-0.2, -0.15) is 5.10 Å². The highest BCUT2D eigenvalue weighted by atomic mass is 32.2. The van der Waals surface area contributed by atoms with Crippen LogP contribution in [0.15, 0.2) is 35.4 Å². The van der Waals surface area contributed by atoms with Crippen molar-refractivity contribution in [2.75, 3.05) is 11.6 Å². The lowest BCUT2D eigenvalue weighted by Gasteiger charge is -2.16. The second kappa shape index (κ2) is 6.28. The van der Waals surface area contributed by atoms with Crippen LogP contribution in [0.5, 0.6) is 0 Å². The van der Waals surface area contributed by atoms with E-state index in [1.807, 2.05) is 35.2 Å². The molecule has 0 aliphatic carbocycles. The van der Waals surface area contributed by atoms with Gasteiger partial charge >= 0.3 is 0 Å². The summed E-state index contributed by atoms with van der Waals surface area (Å²) in [5.74, 6) is 0.927. The quantitative estimate of drug-likeness (QED) is 0.653. The Kier molecular flexibility index (Phi) is 4.67. The number of thiocarbonyl (C=S) groups is 1. The molecule has 0 fully saturated rings. The molecule has 0 amide bonds. The standard InChI is InChI=1S/C14H18N4S2/c1-9(2)18-12(7-8-16-18)17-10-5-4-6-11(20-3)13(10)14(15)19/h4-9,17H,1-3H3,(H2,15,19). The van der Waals surface area contributed by atoms with Crippen LogP contribution in [0.3, 0.4) is 0 Å². The van der Waals surface area contributed by atoms with E-state index in [2.05, 4.69) is 24.3 Å². The van der Waals surface area contributed by atoms with Gasteiger partial charge in [0.25, 0.3) is 0 Å². The molecule has 0 unspecified atom stereocenters. The van der Waals surface area contributed by atoms with E-state index >= 15 is 0 Å². The fourth-order valence-corrected chi connectivity index (χ4v) is 2.95. The van der Waals surface area contributed by atoms with Crippen LogP contribution < -0.4 is 11.1 Å². The minimum absolute atomic E-state index is 0.282. The first-order valence-corrected chi connectivity index (χ1v) is 7.95. The molecule has 0 radical (unpaired) electrons. The molecule has 106 valence electrons. The summed E-state index contributed by atoms with van der Waals surface area (Å²) < 4.78 is 1.93. The van der Waals surface area contributed by atoms with E-state index in [0.29, 0.717) is 4.99 Å². The Labute approximate surface area is 128 Å². The molecule has 2 aromatic rings. The van der Waals surface area contributed by atoms with Crippen molar-refractivity contribution in [1.82, 2.24) is 9.78 Å². The number of benzene rings is 1. The van der Waals surface area contributed by atoms with Gasteiger partial charge in [-0.3, -0.25) is 0 Å². The van der Waals surface area contributed by atoms with Crippen molar-refractivity contribution in [2.45, 2.75) is 24.8 Å². The molecular weight excluding hydrogens is 288 g/mol. The second-order valence-corrected chi connectivity index (χ2v) is 5.91. The number of hydrogen-bond donors (Lipinski definition) is 2. The molecule has 0 spiro atoms. The molecular formula is C14H18N4S2. The molecule has 4 nitrogen and oxygen atoms in total. The van der Waals surface area contributed by atoms with Gasteiger partial charge in [0.2, 0.25) is 0 Å². The molecule has 0 saturated carbocycles. The Morgan fingerprint density at radius 1 is 1.40 bits per heavy atom. The largest absolute Gasteiger partial charge is 0.389 e. The Balaban J connectivity index is 2.43. The minimum atomic E-state index is 0.282. The van der Waals surface area contributed by atoms with Gasteiger partial charge < -0.3 is 11.1 Å². The van der Waals surface area contributed by atoms with Gasteiger partial charge in [0.15, 0.2) is 0 Å². The molecule has 1 aromatic heterocycles. The summed E-state index contributed by atoms with van der Waals surface area (Å²) in [4.78, 5) is 1.46. The second-order valence-electron chi connectivity index (χ2n) is 4.63. The van der Waals surface area contributed by atoms with Crippen LogP contribution in [0.25, 0.3) is 0 Å². The van der Waals surface area contributed by atoms with Crippen LogP contribution in [0, 0.1) is 0 Å². The highest BCUT2D eigenvalue weighted by Crippen LogP contribution is 2.29. The molecule has 2 rings (SSSR count). The third-order valence-corrected chi connectivity index (χ3v) is 3.90. The summed E-state index contributed by atoms with van der Waals surface area (Å²) in [6, 6.07) is 8.21. The summed E-state index contributed by atoms with van der Waals surface area (Å²) >= 11 is 6.82. The van der Waals surface area contributed by atoms with E-state index in [-0.39, 0.29) is 6.04 Å². The smallest absolute Gasteiger partial charge is 0.128 e. The summed E-state index contributed by atoms with van der Waals surface area (Å²) in [5, 5.41) is 7.69. The first-order valence-electron chi connectivity index (χ1n) is 6.32. The predicted molar refractivity (Wildman–Crippen MR) is 90.0 cm³/mol. The SMILES string of the molecule is CSc1cccc(Nc2ccnn2C(C)C)c1C(N)=S. The van der Waals surface area contributed by atoms with Gasteiger partial charge in [-0.15, -0.1) is 11.8 Å². The molecule has 0 bridgehead atoms. The van der Waals surface area contributed by atoms with Crippen LogP contribution in [-0.2, 0) is 0 Å². The number of anilines is 2. The molecule has 0 aliphatic heterocycles. The molecule has 1 heterocycles. The molecule has 0 aliphatic rings. The highest BCUT2D eigenvalue weighted by molar-refractivity contribution is 7.98. The number of hydrogen-bond acceptors (Lipinski definition) is 4. The maximum Gasteiger partial charge on any atom is 0.128 e. The fourth-order valence-electron chi connectivity index (χ4n) is 2.02. The van der Waals surface area contributed by atoms with Crippen molar-refractivity contribution in [3.05, 3.63) is 36.0 Å². The predicted octanol–water partition coefficient (Wildman–Crippen LogP) is 3.56. The topological polar surface area (TPSA) is 55.9 Å². The Hall–Kier alpha value is -1.53. The highest BCUT2D eigenvalue weighted by Gasteiger charge is 2.13. The summed E-state index contributed by atoms with van der Waals surface area (Å²) in [7, 11) is 0. The zero-order valence-corrected chi connectivity index (χ0v) is 13.4. The average molecular weight is 306 g/mol. The average Bonchev–Trinajstić information content (AvgIpc) is 2.86. The van der Waals surface area contributed by atoms with Crippen molar-refractivity contribution in [3.8, 4) is 0 Å². The number of aromatic nitrogens is 2. The maximum absolute atomic E-state index is 5.87. The van der Waals surface area contributed by atoms with Crippen molar-refractivity contribution in [2.24, 2.45) is 5.73 Å². The van der Waals surface area contributed by atoms with Crippen molar-refractivity contribution in [3.63, 3.8) is 0 Å².